The second-order valence-corrected chi connectivity index (χ2v) is 4.92. The number of hydrogen-bond donors (Lipinski definition) is 1. The highest BCUT2D eigenvalue weighted by atomic mass is 15.4. The molecule has 23 heavy (non-hydrogen) atoms. The molecule has 0 aliphatic rings. The van der Waals surface area contributed by atoms with Crippen molar-refractivity contribution < 1.29 is 0 Å². The Bertz CT molecular complexity index is 671. The highest BCUT2D eigenvalue weighted by molar-refractivity contribution is 5.87. The molecule has 2 heterocycles. The minimum Gasteiger partial charge on any atom is -0.387 e. The van der Waals surface area contributed by atoms with Crippen molar-refractivity contribution >= 4 is 11.5 Å². The molecule has 0 radical (unpaired) electrons. The molecular formula is C17H26N6. The Morgan fingerprint density at radius 3 is 2.61 bits per heavy atom. The summed E-state index contributed by atoms with van der Waals surface area (Å²) < 4.78 is 0. The first-order chi connectivity index (χ1) is 11.0. The van der Waals surface area contributed by atoms with Crippen LogP contribution in [-0.2, 0) is 7.05 Å². The number of nitrogens with zero attached hydrogens (tertiary/aromatic N) is 5. The van der Waals surface area contributed by atoms with Gasteiger partial charge in [-0.3, -0.25) is 0 Å². The lowest BCUT2D eigenvalue weighted by Gasteiger charge is -2.08. The van der Waals surface area contributed by atoms with Crippen molar-refractivity contribution in [2.75, 3.05) is 0 Å². The van der Waals surface area contributed by atoms with Crippen molar-refractivity contribution in [2.45, 2.75) is 34.1 Å². The number of hydrogen-bond acceptors (Lipinski definition) is 4. The molecule has 0 spiro atoms. The van der Waals surface area contributed by atoms with Crippen molar-refractivity contribution in [1.82, 2.24) is 20.0 Å². The lowest BCUT2D eigenvalue weighted by molar-refractivity contribution is 0.655. The first kappa shape index (κ1) is 18.5. The molecule has 2 N–H and O–H groups in total. The fraction of sp³-hybridized carbons (Fsp3) is 0.412. The minimum absolute atomic E-state index is 0.227. The third-order valence-electron chi connectivity index (χ3n) is 3.29. The molecule has 1 unspecified atom stereocenters. The highest BCUT2D eigenvalue weighted by Gasteiger charge is 2.09. The van der Waals surface area contributed by atoms with Gasteiger partial charge in [-0.25, -0.2) is 9.98 Å². The third kappa shape index (κ3) is 5.02. The van der Waals surface area contributed by atoms with Gasteiger partial charge in [-0.05, 0) is 18.6 Å². The Hall–Kier alpha value is -2.50. The maximum absolute atomic E-state index is 5.95. The van der Waals surface area contributed by atoms with Crippen LogP contribution in [0.4, 0.5) is 0 Å². The van der Waals surface area contributed by atoms with Gasteiger partial charge in [0.25, 0.3) is 0 Å². The molecule has 0 aromatic carbocycles. The van der Waals surface area contributed by atoms with Crippen LogP contribution in [0.3, 0.4) is 0 Å². The summed E-state index contributed by atoms with van der Waals surface area (Å²) in [7, 11) is 1.77. The molecule has 0 saturated heterocycles. The van der Waals surface area contributed by atoms with Crippen molar-refractivity contribution in [2.24, 2.45) is 23.7 Å². The van der Waals surface area contributed by atoms with Crippen LogP contribution in [0.5, 0.6) is 0 Å². The standard InChI is InChI=1S/C15H20N6.C2H6/c1-5-10(2)15(16)18-11(3)12-7-6-8-13(19-12)14-9-17-21(4)20-14;1-2/h6-10H,3,5H2,1-2,4H3,(H2,16,18);1-2H3. The number of rotatable bonds is 5. The van der Waals surface area contributed by atoms with Crippen molar-refractivity contribution in [3.8, 4) is 11.4 Å². The van der Waals surface area contributed by atoms with Gasteiger partial charge in [-0.2, -0.15) is 15.0 Å². The Morgan fingerprint density at radius 1 is 1.35 bits per heavy atom. The minimum atomic E-state index is 0.227. The number of pyridine rings is 1. The first-order valence-corrected chi connectivity index (χ1v) is 7.88. The van der Waals surface area contributed by atoms with E-state index in [1.54, 1.807) is 13.2 Å². The van der Waals surface area contributed by atoms with E-state index < -0.39 is 0 Å². The summed E-state index contributed by atoms with van der Waals surface area (Å²) in [5, 5.41) is 8.28. The van der Waals surface area contributed by atoms with Crippen LogP contribution in [0.2, 0.25) is 0 Å². The third-order valence-corrected chi connectivity index (χ3v) is 3.29. The van der Waals surface area contributed by atoms with Gasteiger partial charge >= 0.3 is 0 Å². The molecule has 0 aliphatic carbocycles. The average molecular weight is 314 g/mol. The van der Waals surface area contributed by atoms with E-state index in [1.165, 1.54) is 4.80 Å². The molecule has 0 aliphatic heterocycles. The maximum Gasteiger partial charge on any atom is 0.131 e. The molecule has 0 fully saturated rings. The van der Waals surface area contributed by atoms with E-state index in [-0.39, 0.29) is 5.92 Å². The smallest absolute Gasteiger partial charge is 0.131 e. The first-order valence-electron chi connectivity index (χ1n) is 7.88. The van der Waals surface area contributed by atoms with E-state index in [9.17, 15) is 0 Å². The predicted molar refractivity (Wildman–Crippen MR) is 95.7 cm³/mol. The maximum atomic E-state index is 5.95. The van der Waals surface area contributed by atoms with Crippen LogP contribution in [-0.4, -0.2) is 25.8 Å². The molecule has 2 rings (SSSR count). The van der Waals surface area contributed by atoms with E-state index in [4.69, 9.17) is 5.73 Å². The zero-order valence-electron chi connectivity index (χ0n) is 14.6. The topological polar surface area (TPSA) is 82.0 Å². The number of aromatic nitrogens is 4. The SMILES string of the molecule is C=C(N=C(N)C(C)CC)c1cccc(-c2cnn(C)n2)n1.CC. The van der Waals surface area contributed by atoms with Crippen LogP contribution in [0.25, 0.3) is 17.1 Å². The Kier molecular flexibility index (Phi) is 7.12. The second kappa shape index (κ2) is 8.82. The Balaban J connectivity index is 0.00000127. The van der Waals surface area contributed by atoms with Crippen LogP contribution in [0.1, 0.15) is 39.8 Å². The van der Waals surface area contributed by atoms with Crippen molar-refractivity contribution in [3.63, 3.8) is 0 Å². The molecule has 124 valence electrons. The van der Waals surface area contributed by atoms with Crippen LogP contribution >= 0.6 is 0 Å². The monoisotopic (exact) mass is 314 g/mol. The summed E-state index contributed by atoms with van der Waals surface area (Å²) >= 11 is 0. The molecule has 1 atom stereocenters. The van der Waals surface area contributed by atoms with Gasteiger partial charge in [0, 0.05) is 13.0 Å². The number of aliphatic imine (C=N–C) groups is 1. The van der Waals surface area contributed by atoms with E-state index in [0.29, 0.717) is 22.9 Å². The molecular weight excluding hydrogens is 288 g/mol. The Morgan fingerprint density at radius 2 is 2.04 bits per heavy atom. The quantitative estimate of drug-likeness (QED) is 0.678. The fourth-order valence-electron chi connectivity index (χ4n) is 1.73. The van der Waals surface area contributed by atoms with Gasteiger partial charge in [0.1, 0.15) is 11.5 Å². The average Bonchev–Trinajstić information content (AvgIpc) is 3.02. The summed E-state index contributed by atoms with van der Waals surface area (Å²) in [5.74, 6) is 0.805. The number of amidine groups is 1. The predicted octanol–water partition coefficient (Wildman–Crippen LogP) is 3.28. The van der Waals surface area contributed by atoms with E-state index in [1.807, 2.05) is 39.0 Å². The van der Waals surface area contributed by atoms with Crippen LogP contribution in [0.15, 0.2) is 36.0 Å². The van der Waals surface area contributed by atoms with E-state index >= 15 is 0 Å². The van der Waals surface area contributed by atoms with Gasteiger partial charge in [-0.15, -0.1) is 0 Å². The van der Waals surface area contributed by atoms with Crippen LogP contribution in [0, 0.1) is 5.92 Å². The van der Waals surface area contributed by atoms with Gasteiger partial charge in [0.05, 0.1) is 23.3 Å². The van der Waals surface area contributed by atoms with Gasteiger partial charge in [0.15, 0.2) is 0 Å². The zero-order valence-corrected chi connectivity index (χ0v) is 14.6. The molecule has 0 bridgehead atoms. The largest absolute Gasteiger partial charge is 0.387 e. The lowest BCUT2D eigenvalue weighted by atomic mass is 10.1. The van der Waals surface area contributed by atoms with Crippen molar-refractivity contribution in [3.05, 3.63) is 36.7 Å². The van der Waals surface area contributed by atoms with Crippen molar-refractivity contribution in [1.29, 1.82) is 0 Å². The van der Waals surface area contributed by atoms with Gasteiger partial charge < -0.3 is 5.73 Å². The number of nitrogens with two attached hydrogens (primary N) is 1. The van der Waals surface area contributed by atoms with E-state index in [2.05, 4.69) is 33.7 Å². The molecule has 2 aromatic rings. The number of aryl methyl sites for hydroxylation is 1. The summed E-state index contributed by atoms with van der Waals surface area (Å²) in [4.78, 5) is 10.4. The summed E-state index contributed by atoms with van der Waals surface area (Å²) in [5.41, 5.74) is 8.64. The van der Waals surface area contributed by atoms with E-state index in [0.717, 1.165) is 12.1 Å². The second-order valence-electron chi connectivity index (χ2n) is 4.92. The van der Waals surface area contributed by atoms with Gasteiger partial charge in [0.2, 0.25) is 0 Å². The molecule has 2 aromatic heterocycles. The van der Waals surface area contributed by atoms with Crippen LogP contribution < -0.4 is 5.73 Å². The summed E-state index contributed by atoms with van der Waals surface area (Å²) in [6, 6.07) is 5.63. The molecule has 6 nitrogen and oxygen atoms in total. The highest BCUT2D eigenvalue weighted by Crippen LogP contribution is 2.18. The summed E-state index contributed by atoms with van der Waals surface area (Å²) in [6.45, 7) is 12.1. The Labute approximate surface area is 138 Å². The lowest BCUT2D eigenvalue weighted by Crippen LogP contribution is -2.20. The summed E-state index contributed by atoms with van der Waals surface area (Å²) in [6.07, 6.45) is 2.61. The molecule has 6 heteroatoms. The molecule has 0 saturated carbocycles. The molecule has 0 amide bonds. The normalized spacial score (nSPS) is 12.3. The zero-order chi connectivity index (χ0) is 17.4. The van der Waals surface area contributed by atoms with Gasteiger partial charge in [-0.1, -0.05) is 40.3 Å². The fourth-order valence-corrected chi connectivity index (χ4v) is 1.73.